The third-order valence-electron chi connectivity index (χ3n) is 2.12. The van der Waals surface area contributed by atoms with E-state index in [-0.39, 0.29) is 11.4 Å². The van der Waals surface area contributed by atoms with Gasteiger partial charge in [0.1, 0.15) is 5.82 Å². The zero-order valence-corrected chi connectivity index (χ0v) is 10.2. The zero-order valence-electron chi connectivity index (χ0n) is 9.43. The van der Waals surface area contributed by atoms with E-state index in [1.165, 1.54) is 6.20 Å². The molecule has 0 fully saturated rings. The lowest BCUT2D eigenvalue weighted by molar-refractivity contribution is 0.560. The highest BCUT2D eigenvalue weighted by molar-refractivity contribution is 7.89. The molecule has 0 saturated heterocycles. The molecule has 16 heavy (non-hydrogen) atoms. The van der Waals surface area contributed by atoms with Gasteiger partial charge in [-0.1, -0.05) is 0 Å². The summed E-state index contributed by atoms with van der Waals surface area (Å²) < 4.78 is 27.6. The van der Waals surface area contributed by atoms with Crippen molar-refractivity contribution in [1.29, 1.82) is 5.26 Å². The minimum atomic E-state index is -3.62. The van der Waals surface area contributed by atoms with Crippen molar-refractivity contribution in [3.8, 4) is 6.07 Å². The van der Waals surface area contributed by atoms with Crippen molar-refractivity contribution in [2.45, 2.75) is 31.3 Å². The molecule has 1 rings (SSSR count). The monoisotopic (exact) mass is 242 g/mol. The molecule has 0 aliphatic carbocycles. The van der Waals surface area contributed by atoms with Crippen LogP contribution in [-0.2, 0) is 17.1 Å². The van der Waals surface area contributed by atoms with Crippen LogP contribution in [0.3, 0.4) is 0 Å². The third-order valence-corrected chi connectivity index (χ3v) is 3.58. The summed E-state index contributed by atoms with van der Waals surface area (Å²) in [5.41, 5.74) is 0. The van der Waals surface area contributed by atoms with Gasteiger partial charge in [0.25, 0.3) is 10.0 Å². The molecule has 1 aromatic heterocycles. The zero-order chi connectivity index (χ0) is 12.3. The first kappa shape index (κ1) is 12.7. The van der Waals surface area contributed by atoms with Crippen LogP contribution in [0.4, 0.5) is 0 Å². The fraction of sp³-hybridized carbons (Fsp3) is 0.556. The average Bonchev–Trinajstić information content (AvgIpc) is 2.47. The molecule has 7 heteroatoms. The normalized spacial score (nSPS) is 13.4. The first-order chi connectivity index (χ1) is 7.36. The van der Waals surface area contributed by atoms with E-state index in [4.69, 9.17) is 5.26 Å². The summed E-state index contributed by atoms with van der Waals surface area (Å²) in [5, 5.41) is 8.43. The molecular formula is C9H14N4O2S. The number of aromatic nitrogens is 2. The van der Waals surface area contributed by atoms with Gasteiger partial charge in [0.2, 0.25) is 0 Å². The highest BCUT2D eigenvalue weighted by Gasteiger charge is 2.20. The lowest BCUT2D eigenvalue weighted by atomic mass is 10.3. The van der Waals surface area contributed by atoms with Crippen LogP contribution in [0.1, 0.15) is 19.2 Å². The Morgan fingerprint density at radius 3 is 2.75 bits per heavy atom. The molecule has 0 aliphatic heterocycles. The Kier molecular flexibility index (Phi) is 3.67. The summed E-state index contributed by atoms with van der Waals surface area (Å²) in [5.74, 6) is 0.619. The molecule has 0 spiro atoms. The second-order valence-corrected chi connectivity index (χ2v) is 5.28. The number of rotatable bonds is 4. The number of imidazole rings is 1. The van der Waals surface area contributed by atoms with Crippen LogP contribution >= 0.6 is 0 Å². The quantitative estimate of drug-likeness (QED) is 0.823. The van der Waals surface area contributed by atoms with E-state index < -0.39 is 16.1 Å². The van der Waals surface area contributed by atoms with Crippen LogP contribution in [0.25, 0.3) is 0 Å². The molecular weight excluding hydrogens is 228 g/mol. The third kappa shape index (κ3) is 2.81. The number of nitrogens with zero attached hydrogens (tertiary/aromatic N) is 3. The van der Waals surface area contributed by atoms with Crippen LogP contribution < -0.4 is 4.72 Å². The highest BCUT2D eigenvalue weighted by Crippen LogP contribution is 2.08. The van der Waals surface area contributed by atoms with E-state index in [0.717, 1.165) is 0 Å². The summed E-state index contributed by atoms with van der Waals surface area (Å²) >= 11 is 0. The largest absolute Gasteiger partial charge is 0.337 e. The topological polar surface area (TPSA) is 87.8 Å². The van der Waals surface area contributed by atoms with Gasteiger partial charge < -0.3 is 4.57 Å². The minimum absolute atomic E-state index is 0.0164. The highest BCUT2D eigenvalue weighted by atomic mass is 32.2. The van der Waals surface area contributed by atoms with Gasteiger partial charge >= 0.3 is 0 Å². The molecule has 0 radical (unpaired) electrons. The average molecular weight is 242 g/mol. The predicted octanol–water partition coefficient (Wildman–Crippen LogP) is 0.309. The van der Waals surface area contributed by atoms with Crippen LogP contribution in [0, 0.1) is 18.3 Å². The van der Waals surface area contributed by atoms with E-state index in [2.05, 4.69) is 9.71 Å². The molecule has 0 saturated carbocycles. The van der Waals surface area contributed by atoms with Gasteiger partial charge in [0.05, 0.1) is 12.5 Å². The van der Waals surface area contributed by atoms with E-state index in [1.807, 2.05) is 6.07 Å². The lowest BCUT2D eigenvalue weighted by Crippen LogP contribution is -2.32. The number of nitriles is 1. The fourth-order valence-electron chi connectivity index (χ4n) is 1.16. The summed E-state index contributed by atoms with van der Waals surface area (Å²) in [7, 11) is -1.89. The van der Waals surface area contributed by atoms with Gasteiger partial charge in [0, 0.05) is 19.3 Å². The Morgan fingerprint density at radius 1 is 1.69 bits per heavy atom. The Balaban J connectivity index is 2.91. The SMILES string of the molecule is Cc1nc(S(=O)(=O)NC(C)CC#N)cn1C. The van der Waals surface area contributed by atoms with Crippen molar-refractivity contribution in [2.75, 3.05) is 0 Å². The summed E-state index contributed by atoms with van der Waals surface area (Å²) in [6.07, 6.45) is 1.57. The molecule has 0 amide bonds. The Bertz CT molecular complexity index is 493. The lowest BCUT2D eigenvalue weighted by Gasteiger charge is -2.08. The molecule has 1 unspecified atom stereocenters. The van der Waals surface area contributed by atoms with E-state index in [9.17, 15) is 8.42 Å². The molecule has 1 aromatic rings. The smallest absolute Gasteiger partial charge is 0.259 e. The standard InChI is InChI=1S/C9H14N4O2S/c1-7(4-5-10)12-16(14,15)9-6-13(3)8(2)11-9/h6-7,12H,4H2,1-3H3. The van der Waals surface area contributed by atoms with Gasteiger partial charge in [-0.25, -0.2) is 18.1 Å². The first-order valence-electron chi connectivity index (χ1n) is 4.76. The van der Waals surface area contributed by atoms with Crippen molar-refractivity contribution in [3.05, 3.63) is 12.0 Å². The number of sulfonamides is 1. The van der Waals surface area contributed by atoms with Crippen LogP contribution in [0.5, 0.6) is 0 Å². The van der Waals surface area contributed by atoms with Gasteiger partial charge in [-0.15, -0.1) is 0 Å². The number of aryl methyl sites for hydroxylation is 2. The van der Waals surface area contributed by atoms with Crippen molar-refractivity contribution in [3.63, 3.8) is 0 Å². The Hall–Kier alpha value is -1.39. The maximum absolute atomic E-state index is 11.8. The number of hydrogen-bond acceptors (Lipinski definition) is 4. The molecule has 0 bridgehead atoms. The van der Waals surface area contributed by atoms with Crippen LogP contribution in [0.15, 0.2) is 11.2 Å². The van der Waals surface area contributed by atoms with Gasteiger partial charge in [-0.3, -0.25) is 0 Å². The van der Waals surface area contributed by atoms with Gasteiger partial charge in [0.15, 0.2) is 5.03 Å². The van der Waals surface area contributed by atoms with Crippen LogP contribution in [-0.4, -0.2) is 24.0 Å². The van der Waals surface area contributed by atoms with Gasteiger partial charge in [-0.2, -0.15) is 5.26 Å². The number of nitrogens with one attached hydrogen (secondary N) is 1. The fourth-order valence-corrected chi connectivity index (χ4v) is 2.44. The predicted molar refractivity (Wildman–Crippen MR) is 58.0 cm³/mol. The van der Waals surface area contributed by atoms with Crippen molar-refractivity contribution >= 4 is 10.0 Å². The molecule has 1 N–H and O–H groups in total. The van der Waals surface area contributed by atoms with E-state index in [1.54, 1.807) is 25.5 Å². The molecule has 6 nitrogen and oxygen atoms in total. The van der Waals surface area contributed by atoms with E-state index >= 15 is 0 Å². The summed E-state index contributed by atoms with van der Waals surface area (Å²) in [6, 6.07) is 1.49. The minimum Gasteiger partial charge on any atom is -0.337 e. The summed E-state index contributed by atoms with van der Waals surface area (Å²) in [6.45, 7) is 3.36. The maximum atomic E-state index is 11.8. The molecule has 0 aliphatic rings. The maximum Gasteiger partial charge on any atom is 0.259 e. The second-order valence-electron chi connectivity index (χ2n) is 3.62. The first-order valence-corrected chi connectivity index (χ1v) is 6.24. The Morgan fingerprint density at radius 2 is 2.31 bits per heavy atom. The van der Waals surface area contributed by atoms with Crippen LogP contribution in [0.2, 0.25) is 0 Å². The molecule has 88 valence electrons. The van der Waals surface area contributed by atoms with Gasteiger partial charge in [-0.05, 0) is 13.8 Å². The van der Waals surface area contributed by atoms with Crippen molar-refractivity contribution in [1.82, 2.24) is 14.3 Å². The Labute approximate surface area is 95.0 Å². The second kappa shape index (κ2) is 4.63. The number of hydrogen-bond donors (Lipinski definition) is 1. The van der Waals surface area contributed by atoms with E-state index in [0.29, 0.717) is 5.82 Å². The van der Waals surface area contributed by atoms with Crippen molar-refractivity contribution in [2.24, 2.45) is 7.05 Å². The van der Waals surface area contributed by atoms with Crippen molar-refractivity contribution < 1.29 is 8.42 Å². The molecule has 0 aromatic carbocycles. The molecule has 1 atom stereocenters. The molecule has 1 heterocycles. The summed E-state index contributed by atoms with van der Waals surface area (Å²) in [4.78, 5) is 3.92.